The average Bonchev–Trinajstić information content (AvgIpc) is 2.38. The summed E-state index contributed by atoms with van der Waals surface area (Å²) in [5, 5.41) is 0. The lowest BCUT2D eigenvalue weighted by Crippen LogP contribution is -1.99. The molecule has 0 amide bonds. The van der Waals surface area contributed by atoms with Crippen LogP contribution in [0.25, 0.3) is 0 Å². The Morgan fingerprint density at radius 3 is 2.39 bits per heavy atom. The van der Waals surface area contributed by atoms with Crippen molar-refractivity contribution in [1.29, 1.82) is 0 Å². The second-order valence-electron chi connectivity index (χ2n) is 4.82. The number of hydrogen-bond acceptors (Lipinski definition) is 1. The molecular weight excluding hydrogens is 243 g/mol. The van der Waals surface area contributed by atoms with Crippen molar-refractivity contribution in [3.63, 3.8) is 0 Å². The summed E-state index contributed by atoms with van der Waals surface area (Å²) in [6.45, 7) is 2.22. The zero-order chi connectivity index (χ0) is 13.2. The Morgan fingerprint density at radius 2 is 1.78 bits per heavy atom. The maximum atomic E-state index is 10.6. The first-order chi connectivity index (χ1) is 8.74. The highest BCUT2D eigenvalue weighted by Crippen LogP contribution is 2.28. The molecule has 0 saturated carbocycles. The lowest BCUT2D eigenvalue weighted by molar-refractivity contribution is 0.492. The molecule has 0 bridgehead atoms. The maximum Gasteiger partial charge on any atom is 0.505 e. The number of unbranched alkanes of at least 4 members (excludes halogenated alkanes) is 2. The summed E-state index contributed by atoms with van der Waals surface area (Å²) in [5.74, 6) is 0.614. The summed E-state index contributed by atoms with van der Waals surface area (Å²) in [7, 11) is -1.95. The van der Waals surface area contributed by atoms with Gasteiger partial charge in [-0.05, 0) is 41.7 Å². The van der Waals surface area contributed by atoms with Crippen LogP contribution >= 0.6 is 8.03 Å². The van der Waals surface area contributed by atoms with Crippen LogP contribution < -0.4 is 0 Å². The van der Waals surface area contributed by atoms with E-state index in [1.165, 1.54) is 24.8 Å². The molecule has 0 saturated heterocycles. The normalized spacial score (nSPS) is 13.3. The Hall–Kier alpha value is -0.720. The molecule has 0 radical (unpaired) electrons. The lowest BCUT2D eigenvalue weighted by atomic mass is 9.89. The Morgan fingerprint density at radius 1 is 1.11 bits per heavy atom. The predicted octanol–water partition coefficient (Wildman–Crippen LogP) is 4.87. The van der Waals surface area contributed by atoms with E-state index in [9.17, 15) is 4.57 Å². The summed E-state index contributed by atoms with van der Waals surface area (Å²) in [4.78, 5) is 8.79. The second kappa shape index (κ2) is 9.24. The summed E-state index contributed by atoms with van der Waals surface area (Å²) in [5.41, 5.74) is 1.42. The number of benzene rings is 1. The Kier molecular flexibility index (Phi) is 7.88. The van der Waals surface area contributed by atoms with E-state index in [0.717, 1.165) is 19.3 Å². The highest BCUT2D eigenvalue weighted by Gasteiger charge is 2.13. The van der Waals surface area contributed by atoms with Gasteiger partial charge in [0.05, 0.1) is 0 Å². The van der Waals surface area contributed by atoms with Crippen LogP contribution in [0, 0.1) is 0 Å². The molecule has 2 nitrogen and oxygen atoms in total. The van der Waals surface area contributed by atoms with Gasteiger partial charge in [-0.25, -0.2) is 0 Å². The molecule has 0 aliphatic heterocycles. The molecule has 3 heteroatoms. The van der Waals surface area contributed by atoms with E-state index < -0.39 is 8.03 Å². The van der Waals surface area contributed by atoms with Crippen molar-refractivity contribution >= 4 is 8.03 Å². The van der Waals surface area contributed by atoms with Crippen LogP contribution in [0.15, 0.2) is 30.3 Å². The zero-order valence-electron chi connectivity index (χ0n) is 11.2. The molecule has 1 aromatic rings. The van der Waals surface area contributed by atoms with Crippen LogP contribution in [0.3, 0.4) is 0 Å². The minimum absolute atomic E-state index is 0.449. The van der Waals surface area contributed by atoms with Crippen molar-refractivity contribution in [2.75, 3.05) is 6.16 Å². The third kappa shape index (κ3) is 6.28. The van der Waals surface area contributed by atoms with E-state index in [0.29, 0.717) is 12.1 Å². The SMILES string of the molecule is CCCCC(CCCC[P+](=O)O)c1ccccc1. The van der Waals surface area contributed by atoms with E-state index in [1.807, 2.05) is 0 Å². The third-order valence-electron chi connectivity index (χ3n) is 3.33. The quantitative estimate of drug-likeness (QED) is 0.512. The molecule has 100 valence electrons. The topological polar surface area (TPSA) is 37.3 Å². The number of hydrogen-bond donors (Lipinski definition) is 1. The average molecular weight is 267 g/mol. The molecule has 0 aromatic heterocycles. The predicted molar refractivity (Wildman–Crippen MR) is 77.3 cm³/mol. The van der Waals surface area contributed by atoms with Crippen molar-refractivity contribution in [3.8, 4) is 0 Å². The van der Waals surface area contributed by atoms with Gasteiger partial charge in [0.25, 0.3) is 0 Å². The standard InChI is InChI=1S/C15H23O2P/c1-2-3-9-14(12-7-8-13-18(16)17)15-10-5-4-6-11-15/h4-6,10-11,14H,2-3,7-9,12-13H2,1H3/p+1. The van der Waals surface area contributed by atoms with Crippen molar-refractivity contribution < 1.29 is 9.46 Å². The fourth-order valence-electron chi connectivity index (χ4n) is 2.29. The van der Waals surface area contributed by atoms with Crippen LogP contribution in [0.5, 0.6) is 0 Å². The van der Waals surface area contributed by atoms with E-state index in [2.05, 4.69) is 37.3 Å². The molecule has 2 atom stereocenters. The van der Waals surface area contributed by atoms with Gasteiger partial charge in [-0.2, -0.15) is 4.89 Å². The van der Waals surface area contributed by atoms with Crippen molar-refractivity contribution in [3.05, 3.63) is 35.9 Å². The molecule has 18 heavy (non-hydrogen) atoms. The molecule has 1 rings (SSSR count). The molecule has 0 aliphatic carbocycles. The Bertz CT molecular complexity index is 338. The van der Waals surface area contributed by atoms with Gasteiger partial charge in [-0.3, -0.25) is 0 Å². The zero-order valence-corrected chi connectivity index (χ0v) is 12.1. The molecule has 1 N–H and O–H groups in total. The van der Waals surface area contributed by atoms with Gasteiger partial charge in [-0.1, -0.05) is 50.1 Å². The van der Waals surface area contributed by atoms with Crippen LogP contribution in [0.4, 0.5) is 0 Å². The lowest BCUT2D eigenvalue weighted by Gasteiger charge is -2.16. The fourth-order valence-corrected chi connectivity index (χ4v) is 2.79. The smallest absolute Gasteiger partial charge is 0.161 e. The van der Waals surface area contributed by atoms with Gasteiger partial charge in [0.1, 0.15) is 0 Å². The van der Waals surface area contributed by atoms with E-state index >= 15 is 0 Å². The van der Waals surface area contributed by atoms with Gasteiger partial charge in [-0.15, -0.1) is 0 Å². The highest BCUT2D eigenvalue weighted by atomic mass is 31.1. The third-order valence-corrected chi connectivity index (χ3v) is 4.03. The minimum atomic E-state index is -1.95. The van der Waals surface area contributed by atoms with Gasteiger partial charge in [0.2, 0.25) is 0 Å². The summed E-state index contributed by atoms with van der Waals surface area (Å²) in [6, 6.07) is 10.6. The summed E-state index contributed by atoms with van der Waals surface area (Å²) >= 11 is 0. The minimum Gasteiger partial charge on any atom is -0.161 e. The largest absolute Gasteiger partial charge is 0.505 e. The van der Waals surface area contributed by atoms with Crippen molar-refractivity contribution in [2.45, 2.75) is 51.4 Å². The van der Waals surface area contributed by atoms with E-state index in [-0.39, 0.29) is 0 Å². The first-order valence-electron chi connectivity index (χ1n) is 6.92. The molecular formula is C15H24O2P+. The molecule has 0 aliphatic rings. The van der Waals surface area contributed by atoms with E-state index in [4.69, 9.17) is 4.89 Å². The van der Waals surface area contributed by atoms with Crippen LogP contribution in [0.1, 0.15) is 56.9 Å². The maximum absolute atomic E-state index is 10.6. The van der Waals surface area contributed by atoms with Crippen LogP contribution in [-0.4, -0.2) is 11.1 Å². The number of rotatable bonds is 9. The molecule has 0 fully saturated rings. The van der Waals surface area contributed by atoms with Crippen molar-refractivity contribution in [1.82, 2.24) is 0 Å². The molecule has 0 heterocycles. The molecule has 1 aromatic carbocycles. The Labute approximate surface area is 111 Å². The van der Waals surface area contributed by atoms with E-state index in [1.54, 1.807) is 0 Å². The van der Waals surface area contributed by atoms with Crippen LogP contribution in [-0.2, 0) is 4.57 Å². The van der Waals surface area contributed by atoms with Gasteiger partial charge >= 0.3 is 8.03 Å². The fraction of sp³-hybridized carbons (Fsp3) is 0.600. The summed E-state index contributed by atoms with van der Waals surface area (Å²) < 4.78 is 10.6. The monoisotopic (exact) mass is 267 g/mol. The van der Waals surface area contributed by atoms with Gasteiger partial charge in [0.15, 0.2) is 6.16 Å². The first-order valence-corrected chi connectivity index (χ1v) is 8.32. The Balaban J connectivity index is 2.43. The van der Waals surface area contributed by atoms with Crippen LogP contribution in [0.2, 0.25) is 0 Å². The van der Waals surface area contributed by atoms with Crippen molar-refractivity contribution in [2.24, 2.45) is 0 Å². The molecule has 0 spiro atoms. The first kappa shape index (κ1) is 15.3. The summed E-state index contributed by atoms with van der Waals surface area (Å²) in [6.07, 6.45) is 7.20. The molecule has 2 unspecified atom stereocenters. The highest BCUT2D eigenvalue weighted by molar-refractivity contribution is 7.37. The second-order valence-corrected chi connectivity index (χ2v) is 5.97. The van der Waals surface area contributed by atoms with Gasteiger partial charge in [0, 0.05) is 0 Å². The van der Waals surface area contributed by atoms with Gasteiger partial charge < -0.3 is 0 Å².